The lowest BCUT2D eigenvalue weighted by Gasteiger charge is -2.35. The Morgan fingerprint density at radius 2 is 2.04 bits per heavy atom. The summed E-state index contributed by atoms with van der Waals surface area (Å²) in [5, 5.41) is 0. The first-order chi connectivity index (χ1) is 11.2. The molecule has 0 saturated heterocycles. The molecule has 0 aromatic heterocycles. The molecule has 1 aromatic carbocycles. The van der Waals surface area contributed by atoms with Crippen molar-refractivity contribution in [1.82, 2.24) is 0 Å². The Bertz CT molecular complexity index is 570. The number of unbranched alkanes of at least 4 members (excludes halogenated alkanes) is 3. The Hall–Kier alpha value is -2.04. The molecule has 0 radical (unpaired) electrons. The summed E-state index contributed by atoms with van der Waals surface area (Å²) in [6.45, 7) is 4.72. The topological polar surface area (TPSA) is 55.8 Å². The summed E-state index contributed by atoms with van der Waals surface area (Å²) < 4.78 is 11.2. The van der Waals surface area contributed by atoms with Gasteiger partial charge < -0.3 is 14.4 Å². The van der Waals surface area contributed by atoms with Gasteiger partial charge in [0.15, 0.2) is 17.6 Å². The summed E-state index contributed by atoms with van der Waals surface area (Å²) in [5.41, 5.74) is 1.11. The zero-order valence-corrected chi connectivity index (χ0v) is 14.1. The third kappa shape index (κ3) is 3.66. The van der Waals surface area contributed by atoms with Crippen LogP contribution in [-0.4, -0.2) is 32.0 Å². The molecule has 5 heteroatoms. The van der Waals surface area contributed by atoms with Crippen LogP contribution in [0.2, 0.25) is 0 Å². The highest BCUT2D eigenvalue weighted by Gasteiger charge is 2.35. The second kappa shape index (κ2) is 7.99. The molecule has 1 heterocycles. The van der Waals surface area contributed by atoms with Crippen molar-refractivity contribution in [3.05, 3.63) is 17.7 Å². The molecule has 2 rings (SSSR count). The molecular weight excluding hydrogens is 294 g/mol. The number of hydrogen-bond donors (Lipinski definition) is 0. The fourth-order valence-corrected chi connectivity index (χ4v) is 2.82. The molecule has 0 bridgehead atoms. The van der Waals surface area contributed by atoms with Crippen molar-refractivity contribution >= 4 is 17.9 Å². The van der Waals surface area contributed by atoms with Crippen LogP contribution in [0.3, 0.4) is 0 Å². The number of benzene rings is 1. The SMILES string of the molecule is CCCCCCN1C(=O)C(CC)Oc2c(OC)cc(C=O)cc21. The van der Waals surface area contributed by atoms with Crippen molar-refractivity contribution < 1.29 is 19.1 Å². The van der Waals surface area contributed by atoms with Crippen LogP contribution < -0.4 is 14.4 Å². The Kier molecular flexibility index (Phi) is 6.02. The van der Waals surface area contributed by atoms with Crippen LogP contribution in [0.4, 0.5) is 5.69 Å². The summed E-state index contributed by atoms with van der Waals surface area (Å²) in [4.78, 5) is 25.6. The van der Waals surface area contributed by atoms with Gasteiger partial charge in [-0.3, -0.25) is 9.59 Å². The monoisotopic (exact) mass is 319 g/mol. The number of carbonyl (C=O) groups excluding carboxylic acids is 2. The third-order valence-corrected chi connectivity index (χ3v) is 4.11. The number of ether oxygens (including phenoxy) is 2. The summed E-state index contributed by atoms with van der Waals surface area (Å²) in [5.74, 6) is 1.01. The van der Waals surface area contributed by atoms with Crippen molar-refractivity contribution in [3.63, 3.8) is 0 Å². The van der Waals surface area contributed by atoms with Gasteiger partial charge in [0.2, 0.25) is 0 Å². The lowest BCUT2D eigenvalue weighted by atomic mass is 10.1. The first-order valence-electron chi connectivity index (χ1n) is 8.31. The van der Waals surface area contributed by atoms with Gasteiger partial charge in [-0.2, -0.15) is 0 Å². The molecule has 23 heavy (non-hydrogen) atoms. The highest BCUT2D eigenvalue weighted by atomic mass is 16.5. The van der Waals surface area contributed by atoms with E-state index < -0.39 is 6.10 Å². The van der Waals surface area contributed by atoms with E-state index in [-0.39, 0.29) is 5.91 Å². The van der Waals surface area contributed by atoms with Crippen molar-refractivity contribution in [2.45, 2.75) is 52.1 Å². The van der Waals surface area contributed by atoms with Crippen LogP contribution in [0.15, 0.2) is 12.1 Å². The average Bonchev–Trinajstić information content (AvgIpc) is 2.58. The second-order valence-corrected chi connectivity index (χ2v) is 5.75. The van der Waals surface area contributed by atoms with Crippen LogP contribution >= 0.6 is 0 Å². The van der Waals surface area contributed by atoms with Gasteiger partial charge in [-0.1, -0.05) is 33.1 Å². The molecular formula is C18H25NO4. The number of fused-ring (bicyclic) bond motifs is 1. The summed E-state index contributed by atoms with van der Waals surface area (Å²) in [7, 11) is 1.54. The van der Waals surface area contributed by atoms with Crippen LogP contribution in [0, 0.1) is 0 Å². The lowest BCUT2D eigenvalue weighted by molar-refractivity contribution is -0.126. The number of anilines is 1. The predicted octanol–water partition coefficient (Wildman–Crippen LogP) is 3.59. The van der Waals surface area contributed by atoms with E-state index >= 15 is 0 Å². The number of amides is 1. The van der Waals surface area contributed by atoms with Crippen molar-refractivity contribution in [2.24, 2.45) is 0 Å². The van der Waals surface area contributed by atoms with Crippen LogP contribution in [0.25, 0.3) is 0 Å². The van der Waals surface area contributed by atoms with Gasteiger partial charge in [-0.05, 0) is 25.0 Å². The molecule has 1 aromatic rings. The van der Waals surface area contributed by atoms with Crippen LogP contribution in [0.1, 0.15) is 56.3 Å². The minimum Gasteiger partial charge on any atom is -0.493 e. The maximum Gasteiger partial charge on any atom is 0.268 e. The quantitative estimate of drug-likeness (QED) is 0.543. The molecule has 0 saturated carbocycles. The minimum absolute atomic E-state index is 0.0402. The van der Waals surface area contributed by atoms with Crippen molar-refractivity contribution in [2.75, 3.05) is 18.6 Å². The maximum absolute atomic E-state index is 12.7. The third-order valence-electron chi connectivity index (χ3n) is 4.11. The first kappa shape index (κ1) is 17.3. The fourth-order valence-electron chi connectivity index (χ4n) is 2.82. The van der Waals surface area contributed by atoms with Gasteiger partial charge in [0, 0.05) is 12.1 Å². The zero-order valence-electron chi connectivity index (χ0n) is 14.1. The molecule has 0 spiro atoms. The highest BCUT2D eigenvalue weighted by molar-refractivity contribution is 6.01. The predicted molar refractivity (Wildman–Crippen MR) is 89.6 cm³/mol. The Labute approximate surface area is 137 Å². The molecule has 5 nitrogen and oxygen atoms in total. The molecule has 0 aliphatic carbocycles. The van der Waals surface area contributed by atoms with Crippen LogP contribution in [0.5, 0.6) is 11.5 Å². The average molecular weight is 319 g/mol. The maximum atomic E-state index is 12.7. The fraction of sp³-hybridized carbons (Fsp3) is 0.556. The Balaban J connectivity index is 2.37. The van der Waals surface area contributed by atoms with Gasteiger partial charge >= 0.3 is 0 Å². The molecule has 0 N–H and O–H groups in total. The molecule has 1 unspecified atom stereocenters. The van der Waals surface area contributed by atoms with E-state index in [1.54, 1.807) is 17.0 Å². The van der Waals surface area contributed by atoms with E-state index in [0.29, 0.717) is 35.7 Å². The van der Waals surface area contributed by atoms with E-state index in [0.717, 1.165) is 32.0 Å². The summed E-state index contributed by atoms with van der Waals surface area (Å²) in [6.07, 6.45) is 5.18. The van der Waals surface area contributed by atoms with Crippen molar-refractivity contribution in [3.8, 4) is 11.5 Å². The zero-order chi connectivity index (χ0) is 16.8. The molecule has 1 amide bonds. The van der Waals surface area contributed by atoms with Gasteiger partial charge in [0.25, 0.3) is 5.91 Å². The summed E-state index contributed by atoms with van der Waals surface area (Å²) in [6, 6.07) is 3.35. The molecule has 126 valence electrons. The van der Waals surface area contributed by atoms with Gasteiger partial charge in [-0.15, -0.1) is 0 Å². The number of carbonyl (C=O) groups is 2. The first-order valence-corrected chi connectivity index (χ1v) is 8.31. The molecule has 0 fully saturated rings. The van der Waals surface area contributed by atoms with Crippen molar-refractivity contribution in [1.29, 1.82) is 0 Å². The molecule has 1 aliphatic heterocycles. The van der Waals surface area contributed by atoms with Gasteiger partial charge in [0.1, 0.15) is 6.29 Å². The number of rotatable bonds is 8. The number of aldehydes is 1. The van der Waals surface area contributed by atoms with E-state index in [1.807, 2.05) is 6.92 Å². The number of hydrogen-bond acceptors (Lipinski definition) is 4. The van der Waals surface area contributed by atoms with Gasteiger partial charge in [-0.25, -0.2) is 0 Å². The lowest BCUT2D eigenvalue weighted by Crippen LogP contribution is -2.46. The number of methoxy groups -OCH3 is 1. The number of nitrogens with zero attached hydrogens (tertiary/aromatic N) is 1. The van der Waals surface area contributed by atoms with E-state index in [1.165, 1.54) is 7.11 Å². The Morgan fingerprint density at radius 3 is 2.65 bits per heavy atom. The second-order valence-electron chi connectivity index (χ2n) is 5.75. The van der Waals surface area contributed by atoms with Crippen LogP contribution in [-0.2, 0) is 4.79 Å². The van der Waals surface area contributed by atoms with Gasteiger partial charge in [0.05, 0.1) is 12.8 Å². The highest BCUT2D eigenvalue weighted by Crippen LogP contribution is 2.43. The molecule has 1 aliphatic rings. The standard InChI is InChI=1S/C18H25NO4/c1-4-6-7-8-9-19-14-10-13(12-20)11-16(22-3)17(14)23-15(5-2)18(19)21/h10-12,15H,4-9H2,1-3H3. The largest absolute Gasteiger partial charge is 0.493 e. The summed E-state index contributed by atoms with van der Waals surface area (Å²) >= 11 is 0. The minimum atomic E-state index is -0.496. The smallest absolute Gasteiger partial charge is 0.268 e. The molecule has 1 atom stereocenters. The Morgan fingerprint density at radius 1 is 1.26 bits per heavy atom. The van der Waals surface area contributed by atoms with E-state index in [9.17, 15) is 9.59 Å². The van der Waals surface area contributed by atoms with E-state index in [4.69, 9.17) is 9.47 Å². The van der Waals surface area contributed by atoms with E-state index in [2.05, 4.69) is 6.92 Å². The normalized spacial score (nSPS) is 16.7.